The minimum atomic E-state index is -0.231. The molecule has 0 amide bonds. The minimum absolute atomic E-state index is 0.0912. The van der Waals surface area contributed by atoms with E-state index in [2.05, 4.69) is 22.8 Å². The number of fused-ring (bicyclic) bond motifs is 2. The number of nitrogens with zero attached hydrogens (tertiary/aromatic N) is 2. The van der Waals surface area contributed by atoms with Crippen molar-refractivity contribution in [2.75, 3.05) is 39.5 Å². The van der Waals surface area contributed by atoms with Gasteiger partial charge in [-0.3, -0.25) is 9.59 Å². The molecule has 4 rings (SSSR count). The van der Waals surface area contributed by atoms with E-state index in [9.17, 15) is 9.59 Å². The lowest BCUT2D eigenvalue weighted by Gasteiger charge is -2.17. The minimum Gasteiger partial charge on any atom is -0.352 e. The zero-order valence-corrected chi connectivity index (χ0v) is 28.8. The number of carbonyl (C=O) groups is 2. The fourth-order valence-electron chi connectivity index (χ4n) is 5.68. The summed E-state index contributed by atoms with van der Waals surface area (Å²) in [6, 6.07) is 12.1. The van der Waals surface area contributed by atoms with Gasteiger partial charge in [-0.2, -0.15) is 0 Å². The summed E-state index contributed by atoms with van der Waals surface area (Å²) in [5.74, 6) is 0.182. The van der Waals surface area contributed by atoms with Crippen LogP contribution >= 0.6 is 0 Å². The van der Waals surface area contributed by atoms with Crippen LogP contribution in [0, 0.1) is 0 Å². The first-order valence-electron chi connectivity index (χ1n) is 16.2. The largest absolute Gasteiger partial charge is 0.352 e. The summed E-state index contributed by atoms with van der Waals surface area (Å²) >= 11 is 0. The third kappa shape index (κ3) is 9.81. The molecule has 2 N–H and O–H groups in total. The van der Waals surface area contributed by atoms with E-state index in [1.54, 1.807) is 13.8 Å². The smallest absolute Gasteiger partial charge is 0.169 e. The Balaban J connectivity index is 0.000000250. The first kappa shape index (κ1) is 37.1. The summed E-state index contributed by atoms with van der Waals surface area (Å²) in [6.45, 7) is 16.2. The van der Waals surface area contributed by atoms with E-state index in [-0.39, 0.29) is 24.1 Å². The first-order chi connectivity index (χ1) is 22.2. The molecule has 0 saturated carbocycles. The van der Waals surface area contributed by atoms with Crippen molar-refractivity contribution in [2.24, 2.45) is 14.1 Å². The molecule has 2 heterocycles. The molecule has 0 spiro atoms. The molecule has 2 aromatic heterocycles. The highest BCUT2D eigenvalue weighted by atomic mass is 16.7. The van der Waals surface area contributed by atoms with Crippen molar-refractivity contribution in [1.29, 1.82) is 0 Å². The molecule has 0 aliphatic rings. The summed E-state index contributed by atoms with van der Waals surface area (Å²) in [7, 11) is 3.95. The van der Waals surface area contributed by atoms with Gasteiger partial charge < -0.3 is 38.7 Å². The number of hydrogen-bond acceptors (Lipinski definition) is 8. The molecule has 0 bridgehead atoms. The normalized spacial score (nSPS) is 11.5. The molecule has 10 heteroatoms. The number of ketones is 2. The van der Waals surface area contributed by atoms with Gasteiger partial charge in [0.05, 0.1) is 11.0 Å². The Hall–Kier alpha value is -3.38. The molecule has 0 aliphatic carbocycles. The van der Waals surface area contributed by atoms with Crippen LogP contribution < -0.4 is 10.6 Å². The number of aromatic nitrogens is 2. The number of Topliss-reactive ketones (excluding diaryl/α,β-unsaturated/α-hetero) is 2. The third-order valence-corrected chi connectivity index (χ3v) is 7.59. The summed E-state index contributed by atoms with van der Waals surface area (Å²) in [4.78, 5) is 23.5. The van der Waals surface area contributed by atoms with Gasteiger partial charge in [-0.15, -0.1) is 0 Å². The molecule has 0 unspecified atom stereocenters. The van der Waals surface area contributed by atoms with Crippen LogP contribution in [0.5, 0.6) is 0 Å². The lowest BCUT2D eigenvalue weighted by Crippen LogP contribution is -2.31. The summed E-state index contributed by atoms with van der Waals surface area (Å²) < 4.78 is 26.2. The monoisotopic (exact) mass is 636 g/mol. The average molecular weight is 637 g/mol. The van der Waals surface area contributed by atoms with Gasteiger partial charge in [0.2, 0.25) is 0 Å². The van der Waals surface area contributed by atoms with Gasteiger partial charge in [0, 0.05) is 101 Å². The molecular weight excluding hydrogens is 584 g/mol. The Kier molecular flexibility index (Phi) is 15.1. The second-order valence-corrected chi connectivity index (χ2v) is 11.0. The number of para-hydroxylation sites is 2. The predicted molar refractivity (Wildman–Crippen MR) is 183 cm³/mol. The number of hydrogen-bond donors (Lipinski definition) is 2. The van der Waals surface area contributed by atoms with Crippen molar-refractivity contribution in [1.82, 2.24) is 19.8 Å². The molecule has 252 valence electrons. The van der Waals surface area contributed by atoms with Crippen molar-refractivity contribution < 1.29 is 28.5 Å². The van der Waals surface area contributed by atoms with Crippen LogP contribution in [0.3, 0.4) is 0 Å². The van der Waals surface area contributed by atoms with E-state index in [4.69, 9.17) is 18.9 Å². The van der Waals surface area contributed by atoms with E-state index in [1.165, 1.54) is 0 Å². The lowest BCUT2D eigenvalue weighted by atomic mass is 10.1. The maximum Gasteiger partial charge on any atom is 0.169 e. The van der Waals surface area contributed by atoms with Gasteiger partial charge in [0.15, 0.2) is 24.1 Å². The van der Waals surface area contributed by atoms with E-state index in [1.807, 2.05) is 87.6 Å². The summed E-state index contributed by atoms with van der Waals surface area (Å²) in [5.41, 5.74) is 6.04. The zero-order chi connectivity index (χ0) is 33.6. The second-order valence-electron chi connectivity index (χ2n) is 11.0. The van der Waals surface area contributed by atoms with Crippen LogP contribution in [-0.2, 0) is 46.1 Å². The van der Waals surface area contributed by atoms with Crippen LogP contribution in [0.1, 0.15) is 73.4 Å². The Morgan fingerprint density at radius 1 is 0.630 bits per heavy atom. The third-order valence-electron chi connectivity index (χ3n) is 7.59. The molecule has 4 aromatic rings. The van der Waals surface area contributed by atoms with Crippen LogP contribution in [-0.4, -0.2) is 72.8 Å². The number of ether oxygens (including phenoxy) is 4. The predicted octanol–water partition coefficient (Wildman–Crippen LogP) is 5.74. The van der Waals surface area contributed by atoms with Crippen molar-refractivity contribution in [2.45, 2.75) is 67.2 Å². The van der Waals surface area contributed by atoms with Crippen molar-refractivity contribution >= 4 is 33.4 Å². The molecular formula is C36H52N4O6. The van der Waals surface area contributed by atoms with Gasteiger partial charge in [-0.1, -0.05) is 36.4 Å². The Morgan fingerprint density at radius 3 is 1.28 bits per heavy atom. The maximum absolute atomic E-state index is 11.8. The molecule has 0 saturated heterocycles. The van der Waals surface area contributed by atoms with E-state index < -0.39 is 0 Å². The number of aryl methyl sites for hydroxylation is 2. The summed E-state index contributed by atoms with van der Waals surface area (Å²) in [6.07, 6.45) is 3.34. The van der Waals surface area contributed by atoms with Crippen molar-refractivity contribution in [3.8, 4) is 0 Å². The average Bonchev–Trinajstić information content (AvgIpc) is 3.56. The van der Waals surface area contributed by atoms with Crippen LogP contribution in [0.25, 0.3) is 21.8 Å². The van der Waals surface area contributed by atoms with Gasteiger partial charge in [-0.25, -0.2) is 0 Å². The Morgan fingerprint density at radius 2 is 0.978 bits per heavy atom. The van der Waals surface area contributed by atoms with Crippen LogP contribution in [0.2, 0.25) is 0 Å². The van der Waals surface area contributed by atoms with E-state index >= 15 is 0 Å². The number of rotatable bonds is 18. The van der Waals surface area contributed by atoms with Gasteiger partial charge in [-0.05, 0) is 52.7 Å². The highest BCUT2D eigenvalue weighted by molar-refractivity contribution is 6.08. The molecule has 0 aliphatic heterocycles. The second kappa shape index (κ2) is 18.7. The molecule has 2 aromatic carbocycles. The van der Waals surface area contributed by atoms with Crippen LogP contribution in [0.15, 0.2) is 48.8 Å². The Bertz CT molecular complexity index is 1430. The highest BCUT2D eigenvalue weighted by Crippen LogP contribution is 2.25. The number of carbonyl (C=O) groups excluding carboxylic acids is 2. The van der Waals surface area contributed by atoms with Crippen molar-refractivity contribution in [3.05, 3.63) is 71.0 Å². The maximum atomic E-state index is 11.8. The number of nitrogens with one attached hydrogen (secondary N) is 2. The van der Waals surface area contributed by atoms with Gasteiger partial charge in [0.25, 0.3) is 0 Å². The highest BCUT2D eigenvalue weighted by Gasteiger charge is 2.15. The fraction of sp³-hybridized carbons (Fsp3) is 0.500. The summed E-state index contributed by atoms with van der Waals surface area (Å²) in [5, 5.41) is 8.77. The quantitative estimate of drug-likeness (QED) is 0.105. The van der Waals surface area contributed by atoms with E-state index in [0.29, 0.717) is 52.6 Å². The number of benzene rings is 2. The van der Waals surface area contributed by atoms with Gasteiger partial charge in [0.1, 0.15) is 0 Å². The SMILES string of the molecule is CCOC(CNCc1cccc2c(C(C)=O)cn(C)c12)OCC.CCOC(CNCc1cccc2c(C(C)=O)cn(C)c12)OCC. The molecule has 0 atom stereocenters. The molecule has 46 heavy (non-hydrogen) atoms. The topological polar surface area (TPSA) is 105 Å². The lowest BCUT2D eigenvalue weighted by molar-refractivity contribution is -0.133. The van der Waals surface area contributed by atoms with E-state index in [0.717, 1.165) is 44.1 Å². The van der Waals surface area contributed by atoms with Crippen LogP contribution in [0.4, 0.5) is 0 Å². The fourth-order valence-corrected chi connectivity index (χ4v) is 5.68. The molecule has 0 fully saturated rings. The standard InChI is InChI=1S/2C18H26N2O3/c2*1-5-22-17(23-6-2)11-19-10-14-8-7-9-15-16(13(3)21)12-20(4)18(14)15/h2*7-9,12,17,19H,5-6,10-11H2,1-4H3. The Labute approximate surface area is 273 Å². The molecule has 0 radical (unpaired) electrons. The first-order valence-corrected chi connectivity index (χ1v) is 16.2. The van der Waals surface area contributed by atoms with Crippen molar-refractivity contribution in [3.63, 3.8) is 0 Å². The van der Waals surface area contributed by atoms with Gasteiger partial charge >= 0.3 is 0 Å². The molecule has 10 nitrogen and oxygen atoms in total. The zero-order valence-electron chi connectivity index (χ0n) is 28.8.